The molecule has 7 heteroatoms. The number of morpholine rings is 1. The summed E-state index contributed by atoms with van der Waals surface area (Å²) in [5, 5.41) is 10.3. The van der Waals surface area contributed by atoms with Gasteiger partial charge in [0.05, 0.1) is 18.8 Å². The van der Waals surface area contributed by atoms with Gasteiger partial charge in [0.25, 0.3) is 5.91 Å². The van der Waals surface area contributed by atoms with Crippen LogP contribution in [0.15, 0.2) is 6.07 Å². The number of nitrogens with one attached hydrogen (secondary N) is 2. The largest absolute Gasteiger partial charge is 0.373 e. The maximum atomic E-state index is 12.4. The van der Waals surface area contributed by atoms with Crippen molar-refractivity contribution >= 4 is 18.3 Å². The second-order valence-electron chi connectivity index (χ2n) is 4.77. The Morgan fingerprint density at radius 3 is 3.16 bits per heavy atom. The normalized spacial score (nSPS) is 25.8. The third-order valence-corrected chi connectivity index (χ3v) is 3.68. The molecular weight excluding hydrogens is 268 g/mol. The first kappa shape index (κ1) is 14.3. The van der Waals surface area contributed by atoms with Crippen molar-refractivity contribution in [1.29, 1.82) is 0 Å². The SMILES string of the molecule is CCc1cc(C(=O)N2CCO[C@H]3CNC[C@H]32)n[nH]1.Cl. The molecule has 2 N–H and O–H groups in total. The van der Waals surface area contributed by atoms with E-state index < -0.39 is 0 Å². The second kappa shape index (κ2) is 5.90. The standard InChI is InChI=1S/C12H18N4O2.ClH/c1-2-8-5-9(15-14-8)12(17)16-3-4-18-11-7-13-6-10(11)16;/h5,10-11,13H,2-4,6-7H2,1H3,(H,14,15);1H/t10-,11+;/m1./s1. The van der Waals surface area contributed by atoms with Gasteiger partial charge in [0, 0.05) is 25.3 Å². The predicted molar refractivity (Wildman–Crippen MR) is 72.6 cm³/mol. The highest BCUT2D eigenvalue weighted by Crippen LogP contribution is 2.19. The predicted octanol–water partition coefficient (Wildman–Crippen LogP) is 0.207. The van der Waals surface area contributed by atoms with Gasteiger partial charge in [-0.25, -0.2) is 0 Å². The number of nitrogens with zero attached hydrogens (tertiary/aromatic N) is 2. The lowest BCUT2D eigenvalue weighted by Crippen LogP contribution is -2.53. The van der Waals surface area contributed by atoms with E-state index in [0.29, 0.717) is 18.8 Å². The van der Waals surface area contributed by atoms with Crippen molar-refractivity contribution in [2.75, 3.05) is 26.2 Å². The molecule has 106 valence electrons. The molecule has 0 aliphatic carbocycles. The van der Waals surface area contributed by atoms with E-state index in [4.69, 9.17) is 4.74 Å². The maximum Gasteiger partial charge on any atom is 0.274 e. The van der Waals surface area contributed by atoms with E-state index in [1.807, 2.05) is 17.9 Å². The van der Waals surface area contributed by atoms with Crippen molar-refractivity contribution in [1.82, 2.24) is 20.4 Å². The number of aromatic nitrogens is 2. The van der Waals surface area contributed by atoms with Gasteiger partial charge in [-0.05, 0) is 12.5 Å². The highest BCUT2D eigenvalue weighted by Gasteiger charge is 2.39. The van der Waals surface area contributed by atoms with Crippen molar-refractivity contribution < 1.29 is 9.53 Å². The average Bonchev–Trinajstić information content (AvgIpc) is 3.05. The maximum absolute atomic E-state index is 12.4. The summed E-state index contributed by atoms with van der Waals surface area (Å²) in [7, 11) is 0. The fourth-order valence-electron chi connectivity index (χ4n) is 2.64. The van der Waals surface area contributed by atoms with Gasteiger partial charge in [-0.2, -0.15) is 5.10 Å². The van der Waals surface area contributed by atoms with Crippen LogP contribution in [0.5, 0.6) is 0 Å². The Hall–Kier alpha value is -1.11. The molecule has 0 bridgehead atoms. The van der Waals surface area contributed by atoms with Crippen molar-refractivity contribution in [3.05, 3.63) is 17.5 Å². The number of fused-ring (bicyclic) bond motifs is 1. The zero-order chi connectivity index (χ0) is 12.5. The Labute approximate surface area is 118 Å². The molecule has 2 atom stereocenters. The Bertz CT molecular complexity index is 451. The first-order valence-electron chi connectivity index (χ1n) is 6.47. The summed E-state index contributed by atoms with van der Waals surface area (Å²) >= 11 is 0. The number of rotatable bonds is 2. The summed E-state index contributed by atoms with van der Waals surface area (Å²) in [5.74, 6) is 0.00736. The lowest BCUT2D eigenvalue weighted by atomic mass is 10.1. The molecule has 3 rings (SSSR count). The topological polar surface area (TPSA) is 70.2 Å². The minimum atomic E-state index is 0. The van der Waals surface area contributed by atoms with Crippen molar-refractivity contribution in [3.63, 3.8) is 0 Å². The van der Waals surface area contributed by atoms with Gasteiger partial charge in [-0.3, -0.25) is 9.89 Å². The van der Waals surface area contributed by atoms with Gasteiger partial charge in [0.1, 0.15) is 5.69 Å². The molecule has 1 aromatic heterocycles. The number of hydrogen-bond acceptors (Lipinski definition) is 4. The van der Waals surface area contributed by atoms with Gasteiger partial charge in [-0.1, -0.05) is 6.92 Å². The van der Waals surface area contributed by atoms with Crippen LogP contribution in [0, 0.1) is 0 Å². The number of H-pyrrole nitrogens is 1. The third kappa shape index (κ3) is 2.61. The number of carbonyl (C=O) groups is 1. The average molecular weight is 287 g/mol. The molecule has 1 amide bonds. The molecule has 0 saturated carbocycles. The molecule has 3 heterocycles. The Morgan fingerprint density at radius 2 is 2.42 bits per heavy atom. The summed E-state index contributed by atoms with van der Waals surface area (Å²) in [6, 6.07) is 1.99. The van der Waals surface area contributed by atoms with E-state index in [1.165, 1.54) is 0 Å². The fourth-order valence-corrected chi connectivity index (χ4v) is 2.64. The third-order valence-electron chi connectivity index (χ3n) is 3.68. The van der Waals surface area contributed by atoms with Crippen molar-refractivity contribution in [2.45, 2.75) is 25.5 Å². The summed E-state index contributed by atoms with van der Waals surface area (Å²) in [6.07, 6.45) is 0.990. The monoisotopic (exact) mass is 286 g/mol. The summed E-state index contributed by atoms with van der Waals surface area (Å²) in [5.41, 5.74) is 1.51. The molecule has 1 aromatic rings. The van der Waals surface area contributed by atoms with Gasteiger partial charge in [0.15, 0.2) is 0 Å². The highest BCUT2D eigenvalue weighted by molar-refractivity contribution is 5.92. The second-order valence-corrected chi connectivity index (χ2v) is 4.77. The molecule has 0 radical (unpaired) electrons. The first-order chi connectivity index (χ1) is 8.79. The number of hydrogen-bond donors (Lipinski definition) is 2. The van der Waals surface area contributed by atoms with Crippen LogP contribution in [0.2, 0.25) is 0 Å². The minimum Gasteiger partial charge on any atom is -0.373 e. The Kier molecular flexibility index (Phi) is 4.44. The van der Waals surface area contributed by atoms with Crippen LogP contribution in [-0.4, -0.2) is 59.4 Å². The van der Waals surface area contributed by atoms with Gasteiger partial charge < -0.3 is 15.0 Å². The van der Waals surface area contributed by atoms with Crippen LogP contribution in [-0.2, 0) is 11.2 Å². The molecule has 0 unspecified atom stereocenters. The lowest BCUT2D eigenvalue weighted by Gasteiger charge is -2.36. The van der Waals surface area contributed by atoms with E-state index in [9.17, 15) is 4.79 Å². The zero-order valence-electron chi connectivity index (χ0n) is 10.9. The van der Waals surface area contributed by atoms with Gasteiger partial charge in [-0.15, -0.1) is 12.4 Å². The van der Waals surface area contributed by atoms with Crippen molar-refractivity contribution in [2.24, 2.45) is 0 Å². The molecule has 0 spiro atoms. The number of aromatic amines is 1. The summed E-state index contributed by atoms with van der Waals surface area (Å²) in [4.78, 5) is 14.3. The lowest BCUT2D eigenvalue weighted by molar-refractivity contribution is -0.0366. The molecular formula is C12H19ClN4O2. The molecule has 6 nitrogen and oxygen atoms in total. The van der Waals surface area contributed by atoms with Gasteiger partial charge in [0.2, 0.25) is 0 Å². The molecule has 2 saturated heterocycles. The highest BCUT2D eigenvalue weighted by atomic mass is 35.5. The van der Waals surface area contributed by atoms with Crippen LogP contribution < -0.4 is 5.32 Å². The smallest absolute Gasteiger partial charge is 0.274 e. The Balaban J connectivity index is 0.00000133. The summed E-state index contributed by atoms with van der Waals surface area (Å²) < 4.78 is 5.66. The van der Waals surface area contributed by atoms with Crippen LogP contribution in [0.4, 0.5) is 0 Å². The number of ether oxygens (including phenoxy) is 1. The van der Waals surface area contributed by atoms with E-state index in [-0.39, 0.29) is 30.5 Å². The van der Waals surface area contributed by atoms with Gasteiger partial charge >= 0.3 is 0 Å². The van der Waals surface area contributed by atoms with E-state index in [0.717, 1.165) is 25.2 Å². The molecule has 0 aromatic carbocycles. The zero-order valence-corrected chi connectivity index (χ0v) is 11.7. The van der Waals surface area contributed by atoms with E-state index >= 15 is 0 Å². The fraction of sp³-hybridized carbons (Fsp3) is 0.667. The summed E-state index contributed by atoms with van der Waals surface area (Å²) in [6.45, 7) is 4.93. The first-order valence-corrected chi connectivity index (χ1v) is 6.47. The number of amides is 1. The van der Waals surface area contributed by atoms with Crippen LogP contribution in [0.25, 0.3) is 0 Å². The number of carbonyl (C=O) groups excluding carboxylic acids is 1. The minimum absolute atomic E-state index is 0. The molecule has 2 fully saturated rings. The molecule has 2 aliphatic rings. The quantitative estimate of drug-likeness (QED) is 0.815. The van der Waals surface area contributed by atoms with E-state index in [1.54, 1.807) is 0 Å². The number of aryl methyl sites for hydroxylation is 1. The number of halogens is 1. The van der Waals surface area contributed by atoms with Crippen LogP contribution in [0.3, 0.4) is 0 Å². The van der Waals surface area contributed by atoms with Crippen LogP contribution in [0.1, 0.15) is 23.1 Å². The van der Waals surface area contributed by atoms with Crippen LogP contribution >= 0.6 is 12.4 Å². The molecule has 2 aliphatic heterocycles. The van der Waals surface area contributed by atoms with E-state index in [2.05, 4.69) is 15.5 Å². The van der Waals surface area contributed by atoms with Crippen molar-refractivity contribution in [3.8, 4) is 0 Å². The Morgan fingerprint density at radius 1 is 1.58 bits per heavy atom. The molecule has 19 heavy (non-hydrogen) atoms.